The maximum atomic E-state index is 12.7. The van der Waals surface area contributed by atoms with E-state index >= 15 is 0 Å². The number of nitriles is 1. The fraction of sp³-hybridized carbons (Fsp3) is 0.118. The second-order valence-corrected chi connectivity index (χ2v) is 4.86. The number of aryl methyl sites for hydroxylation is 1. The molecule has 0 fully saturated rings. The number of imidazole rings is 1. The molecule has 21 heavy (non-hydrogen) atoms. The lowest BCUT2D eigenvalue weighted by Gasteiger charge is -2.06. The van der Waals surface area contributed by atoms with Crippen LogP contribution in [0.5, 0.6) is 0 Å². The van der Waals surface area contributed by atoms with E-state index in [2.05, 4.69) is 11.1 Å². The molecule has 4 nitrogen and oxygen atoms in total. The Hall–Kier alpha value is -2.93. The summed E-state index contributed by atoms with van der Waals surface area (Å²) in [7, 11) is 0. The van der Waals surface area contributed by atoms with E-state index in [0.717, 1.165) is 16.6 Å². The van der Waals surface area contributed by atoms with Crippen LogP contribution in [0.25, 0.3) is 11.0 Å². The molecule has 4 heteroatoms. The number of carbonyl (C=O) groups is 1. The molecule has 0 aliphatic heterocycles. The second-order valence-electron chi connectivity index (χ2n) is 4.86. The van der Waals surface area contributed by atoms with Crippen LogP contribution in [0.3, 0.4) is 0 Å². The molecule has 0 aliphatic rings. The van der Waals surface area contributed by atoms with E-state index in [9.17, 15) is 4.79 Å². The Kier molecular flexibility index (Phi) is 3.25. The maximum Gasteiger partial charge on any atom is 0.263 e. The van der Waals surface area contributed by atoms with Crippen LogP contribution in [0.1, 0.15) is 21.7 Å². The molecule has 1 heterocycles. The minimum Gasteiger partial charge on any atom is -0.268 e. The van der Waals surface area contributed by atoms with Crippen LogP contribution in [-0.2, 0) is 6.42 Å². The van der Waals surface area contributed by atoms with E-state index in [0.29, 0.717) is 11.4 Å². The van der Waals surface area contributed by atoms with Crippen molar-refractivity contribution in [2.75, 3.05) is 0 Å². The highest BCUT2D eigenvalue weighted by molar-refractivity contribution is 6.01. The summed E-state index contributed by atoms with van der Waals surface area (Å²) >= 11 is 0. The quantitative estimate of drug-likeness (QED) is 0.722. The lowest BCUT2D eigenvalue weighted by atomic mass is 10.1. The van der Waals surface area contributed by atoms with Gasteiger partial charge in [0.15, 0.2) is 0 Å². The van der Waals surface area contributed by atoms with Gasteiger partial charge in [-0.3, -0.25) is 9.36 Å². The van der Waals surface area contributed by atoms with Crippen molar-refractivity contribution in [3.05, 3.63) is 65.5 Å². The molecular weight excluding hydrogens is 262 g/mol. The van der Waals surface area contributed by atoms with Crippen molar-refractivity contribution in [3.8, 4) is 6.07 Å². The van der Waals surface area contributed by atoms with Gasteiger partial charge in [-0.05, 0) is 31.2 Å². The molecule has 3 aromatic rings. The Morgan fingerprint density at radius 1 is 1.19 bits per heavy atom. The van der Waals surface area contributed by atoms with Crippen molar-refractivity contribution in [1.29, 1.82) is 5.26 Å². The maximum absolute atomic E-state index is 12.7. The SMILES string of the molecule is Cc1ccc(C(=O)n2c(CC#N)nc3ccccc32)cc1. The summed E-state index contributed by atoms with van der Waals surface area (Å²) in [5.41, 5.74) is 3.14. The Balaban J connectivity index is 2.18. The summed E-state index contributed by atoms with van der Waals surface area (Å²) < 4.78 is 1.53. The summed E-state index contributed by atoms with van der Waals surface area (Å²) in [6.07, 6.45) is 0.103. The molecule has 0 saturated heterocycles. The summed E-state index contributed by atoms with van der Waals surface area (Å²) in [6.45, 7) is 1.97. The third-order valence-electron chi connectivity index (χ3n) is 3.37. The second kappa shape index (κ2) is 5.22. The lowest BCUT2D eigenvalue weighted by molar-refractivity contribution is 0.0962. The zero-order valence-electron chi connectivity index (χ0n) is 11.6. The Bertz CT molecular complexity index is 854. The molecule has 0 aliphatic carbocycles. The molecular formula is C17H13N3O. The molecule has 0 saturated carbocycles. The average molecular weight is 275 g/mol. The van der Waals surface area contributed by atoms with Crippen LogP contribution in [0.2, 0.25) is 0 Å². The van der Waals surface area contributed by atoms with Crippen molar-refractivity contribution in [3.63, 3.8) is 0 Å². The first-order valence-electron chi connectivity index (χ1n) is 6.65. The van der Waals surface area contributed by atoms with E-state index in [-0.39, 0.29) is 12.3 Å². The third kappa shape index (κ3) is 2.30. The van der Waals surface area contributed by atoms with Gasteiger partial charge < -0.3 is 0 Å². The summed E-state index contributed by atoms with van der Waals surface area (Å²) in [5, 5.41) is 8.94. The predicted molar refractivity (Wildman–Crippen MR) is 80.0 cm³/mol. The smallest absolute Gasteiger partial charge is 0.263 e. The first-order valence-corrected chi connectivity index (χ1v) is 6.65. The van der Waals surface area contributed by atoms with Crippen molar-refractivity contribution >= 4 is 16.9 Å². The summed E-state index contributed by atoms with van der Waals surface area (Å²) in [6, 6.07) is 16.9. The monoisotopic (exact) mass is 275 g/mol. The molecule has 1 aromatic heterocycles. The van der Waals surface area contributed by atoms with Crippen molar-refractivity contribution in [2.24, 2.45) is 0 Å². The Morgan fingerprint density at radius 2 is 1.90 bits per heavy atom. The number of rotatable bonds is 2. The largest absolute Gasteiger partial charge is 0.268 e. The standard InChI is InChI=1S/C17H13N3O/c1-12-6-8-13(9-7-12)17(21)20-15-5-3-2-4-14(15)19-16(20)10-11-18/h2-9H,10H2,1H3. The van der Waals surface area contributed by atoms with E-state index < -0.39 is 0 Å². The van der Waals surface area contributed by atoms with Crippen LogP contribution >= 0.6 is 0 Å². The van der Waals surface area contributed by atoms with Crippen LogP contribution in [-0.4, -0.2) is 15.5 Å². The number of aromatic nitrogens is 2. The van der Waals surface area contributed by atoms with Gasteiger partial charge in [0.05, 0.1) is 23.5 Å². The van der Waals surface area contributed by atoms with Crippen molar-refractivity contribution in [1.82, 2.24) is 9.55 Å². The van der Waals surface area contributed by atoms with E-state index in [1.54, 1.807) is 12.1 Å². The number of carbonyl (C=O) groups excluding carboxylic acids is 1. The number of hydrogen-bond acceptors (Lipinski definition) is 3. The van der Waals surface area contributed by atoms with E-state index in [1.807, 2.05) is 43.3 Å². The van der Waals surface area contributed by atoms with Gasteiger partial charge in [-0.15, -0.1) is 0 Å². The number of hydrogen-bond donors (Lipinski definition) is 0. The topological polar surface area (TPSA) is 58.7 Å². The summed E-state index contributed by atoms with van der Waals surface area (Å²) in [5.74, 6) is 0.318. The van der Waals surface area contributed by atoms with Crippen LogP contribution in [0, 0.1) is 18.3 Å². The molecule has 0 amide bonds. The zero-order valence-corrected chi connectivity index (χ0v) is 11.6. The Morgan fingerprint density at radius 3 is 2.62 bits per heavy atom. The van der Waals surface area contributed by atoms with Gasteiger partial charge in [0.2, 0.25) is 0 Å². The lowest BCUT2D eigenvalue weighted by Crippen LogP contribution is -2.15. The van der Waals surface area contributed by atoms with Gasteiger partial charge in [-0.1, -0.05) is 29.8 Å². The molecule has 0 N–H and O–H groups in total. The molecule has 102 valence electrons. The first kappa shape index (κ1) is 13.1. The third-order valence-corrected chi connectivity index (χ3v) is 3.37. The number of benzene rings is 2. The molecule has 0 atom stereocenters. The minimum atomic E-state index is -0.158. The molecule has 0 unspecified atom stereocenters. The molecule has 3 rings (SSSR count). The van der Waals surface area contributed by atoms with Gasteiger partial charge in [-0.2, -0.15) is 5.26 Å². The van der Waals surface area contributed by atoms with Crippen molar-refractivity contribution in [2.45, 2.75) is 13.3 Å². The van der Waals surface area contributed by atoms with Crippen molar-refractivity contribution < 1.29 is 4.79 Å². The van der Waals surface area contributed by atoms with Gasteiger partial charge in [0, 0.05) is 5.56 Å². The van der Waals surface area contributed by atoms with Crippen LogP contribution in [0.4, 0.5) is 0 Å². The normalized spacial score (nSPS) is 10.5. The molecule has 2 aromatic carbocycles. The summed E-state index contributed by atoms with van der Waals surface area (Å²) in [4.78, 5) is 17.1. The highest BCUT2D eigenvalue weighted by Gasteiger charge is 2.17. The molecule has 0 radical (unpaired) electrons. The number of nitrogens with zero attached hydrogens (tertiary/aromatic N) is 3. The van der Waals surface area contributed by atoms with Gasteiger partial charge in [-0.25, -0.2) is 4.98 Å². The molecule has 0 spiro atoms. The average Bonchev–Trinajstić information content (AvgIpc) is 2.85. The number of fused-ring (bicyclic) bond motifs is 1. The highest BCUT2D eigenvalue weighted by atomic mass is 16.2. The Labute approximate surface area is 122 Å². The zero-order chi connectivity index (χ0) is 14.8. The predicted octanol–water partition coefficient (Wildman–Crippen LogP) is 3.10. The van der Waals surface area contributed by atoms with Crippen LogP contribution in [0.15, 0.2) is 48.5 Å². The molecule has 0 bridgehead atoms. The van der Waals surface area contributed by atoms with Crippen LogP contribution < -0.4 is 0 Å². The van der Waals surface area contributed by atoms with Gasteiger partial charge in [0.1, 0.15) is 5.82 Å². The minimum absolute atomic E-state index is 0.103. The highest BCUT2D eigenvalue weighted by Crippen LogP contribution is 2.18. The first-order chi connectivity index (χ1) is 10.2. The number of para-hydroxylation sites is 2. The van der Waals surface area contributed by atoms with E-state index in [1.165, 1.54) is 4.57 Å². The fourth-order valence-electron chi connectivity index (χ4n) is 2.32. The van der Waals surface area contributed by atoms with E-state index in [4.69, 9.17) is 5.26 Å². The fourth-order valence-corrected chi connectivity index (χ4v) is 2.32. The van der Waals surface area contributed by atoms with Gasteiger partial charge in [0.25, 0.3) is 5.91 Å². The van der Waals surface area contributed by atoms with Gasteiger partial charge >= 0.3 is 0 Å².